The van der Waals surface area contributed by atoms with Crippen LogP contribution in [0.4, 0.5) is 4.39 Å². The second-order valence-corrected chi connectivity index (χ2v) is 7.96. The van der Waals surface area contributed by atoms with E-state index < -0.39 is 23.3 Å². The molecule has 7 nitrogen and oxygen atoms in total. The third kappa shape index (κ3) is 2.70. The molecule has 4 N–H and O–H groups in total. The number of carbonyl (C=O) groups excluding carboxylic acids is 2. The van der Waals surface area contributed by atoms with Gasteiger partial charge in [0.15, 0.2) is 0 Å². The van der Waals surface area contributed by atoms with Crippen molar-refractivity contribution in [3.63, 3.8) is 0 Å². The van der Waals surface area contributed by atoms with Gasteiger partial charge in [0.2, 0.25) is 5.91 Å². The van der Waals surface area contributed by atoms with Crippen LogP contribution in [0.3, 0.4) is 0 Å². The fourth-order valence-corrected chi connectivity index (χ4v) is 4.75. The van der Waals surface area contributed by atoms with Crippen LogP contribution in [0.25, 0.3) is 0 Å². The number of ether oxygens (including phenoxy) is 1. The lowest BCUT2D eigenvalue weighted by Crippen LogP contribution is -2.60. The van der Waals surface area contributed by atoms with Crippen molar-refractivity contribution in [2.24, 2.45) is 23.5 Å². The van der Waals surface area contributed by atoms with Crippen LogP contribution in [-0.4, -0.2) is 42.6 Å². The summed E-state index contributed by atoms with van der Waals surface area (Å²) < 4.78 is 19.5. The van der Waals surface area contributed by atoms with Crippen LogP contribution >= 0.6 is 11.6 Å². The van der Waals surface area contributed by atoms with Gasteiger partial charge in [0.25, 0.3) is 5.91 Å². The predicted molar refractivity (Wildman–Crippen MR) is 100 cm³/mol. The third-order valence-corrected chi connectivity index (χ3v) is 6.45. The lowest BCUT2D eigenvalue weighted by Gasteiger charge is -2.40. The van der Waals surface area contributed by atoms with Crippen molar-refractivity contribution in [2.75, 3.05) is 20.3 Å². The number of rotatable bonds is 5. The molecule has 3 aliphatic rings. The Morgan fingerprint density at radius 3 is 2.68 bits per heavy atom. The lowest BCUT2D eigenvalue weighted by atomic mass is 9.87. The molecule has 1 saturated carbocycles. The van der Waals surface area contributed by atoms with Crippen LogP contribution in [0.5, 0.6) is 0 Å². The first kappa shape index (κ1) is 19.2. The van der Waals surface area contributed by atoms with Crippen LogP contribution < -0.4 is 16.5 Å². The fourth-order valence-electron chi connectivity index (χ4n) is 4.64. The van der Waals surface area contributed by atoms with Crippen LogP contribution in [0.2, 0.25) is 5.02 Å². The Labute approximate surface area is 167 Å². The summed E-state index contributed by atoms with van der Waals surface area (Å²) >= 11 is 5.80. The Hall–Kier alpha value is -2.16. The molecule has 9 heteroatoms. The molecule has 0 radical (unpaired) electrons. The molecule has 1 aromatic rings. The van der Waals surface area contributed by atoms with Crippen LogP contribution in [0, 0.1) is 23.6 Å². The molecule has 2 aliphatic heterocycles. The first-order valence-corrected chi connectivity index (χ1v) is 9.52. The van der Waals surface area contributed by atoms with Crippen molar-refractivity contribution in [1.82, 2.24) is 15.8 Å². The van der Waals surface area contributed by atoms with Gasteiger partial charge in [0, 0.05) is 13.0 Å². The van der Waals surface area contributed by atoms with Crippen molar-refractivity contribution < 1.29 is 18.7 Å². The van der Waals surface area contributed by atoms with E-state index in [9.17, 15) is 14.0 Å². The zero-order valence-electron chi connectivity index (χ0n) is 15.5. The zero-order valence-corrected chi connectivity index (χ0v) is 16.3. The first-order valence-electron chi connectivity index (χ1n) is 9.14. The summed E-state index contributed by atoms with van der Waals surface area (Å²) in [5, 5.41) is 4.25. The van der Waals surface area contributed by atoms with Gasteiger partial charge in [0.1, 0.15) is 17.1 Å². The maximum atomic E-state index is 14.0. The van der Waals surface area contributed by atoms with E-state index in [1.165, 1.54) is 19.2 Å². The predicted octanol–water partition coefficient (Wildman–Crippen LogP) is 1.11. The second kappa shape index (κ2) is 6.72. The molecule has 1 aromatic carbocycles. The van der Waals surface area contributed by atoms with Gasteiger partial charge in [0.05, 0.1) is 24.3 Å². The number of hydrogen-bond donors (Lipinski definition) is 3. The number of hydrazine groups is 1. The minimum atomic E-state index is -1.21. The Morgan fingerprint density at radius 1 is 1.43 bits per heavy atom. The summed E-state index contributed by atoms with van der Waals surface area (Å²) in [6.07, 6.45) is 1.61. The van der Waals surface area contributed by atoms with E-state index in [1.807, 2.05) is 6.92 Å². The molecule has 2 fully saturated rings. The van der Waals surface area contributed by atoms with E-state index in [0.29, 0.717) is 18.8 Å². The highest BCUT2D eigenvalue weighted by Crippen LogP contribution is 2.60. The fraction of sp³-hybridized carbons (Fsp3) is 0.474. The zero-order chi connectivity index (χ0) is 20.2. The Bertz CT molecular complexity index is 869. The van der Waals surface area contributed by atoms with Gasteiger partial charge in [-0.2, -0.15) is 5.01 Å². The highest BCUT2D eigenvalue weighted by Gasteiger charge is 2.69. The maximum absolute atomic E-state index is 14.0. The monoisotopic (exact) mass is 408 g/mol. The van der Waals surface area contributed by atoms with E-state index >= 15 is 0 Å². The van der Waals surface area contributed by atoms with E-state index in [2.05, 4.69) is 10.7 Å². The van der Waals surface area contributed by atoms with Crippen molar-refractivity contribution in [3.8, 4) is 0 Å². The largest absolute Gasteiger partial charge is 0.381 e. The molecule has 2 heterocycles. The summed E-state index contributed by atoms with van der Waals surface area (Å²) in [7, 11) is 1.51. The number of amides is 2. The average Bonchev–Trinajstić information content (AvgIpc) is 3.03. The molecular weight excluding hydrogens is 387 g/mol. The number of fused-ring (bicyclic) bond motifs is 1. The molecule has 150 valence electrons. The molecule has 2 amide bonds. The quantitative estimate of drug-likeness (QED) is 0.678. The normalized spacial score (nSPS) is 32.3. The summed E-state index contributed by atoms with van der Waals surface area (Å²) in [6, 6.07) is 4.03. The number of nitrogens with zero attached hydrogens (tertiary/aromatic N) is 1. The number of likely N-dealkylation sites (N-methyl/N-ethyl adjacent to an activating group) is 1. The third-order valence-electron chi connectivity index (χ3n) is 6.14. The van der Waals surface area contributed by atoms with Gasteiger partial charge >= 0.3 is 0 Å². The number of nitrogens with one attached hydrogen (secondary N) is 2. The number of primary amides is 1. The van der Waals surface area contributed by atoms with Gasteiger partial charge in [-0.3, -0.25) is 9.59 Å². The number of hydrogen-bond acceptors (Lipinski definition) is 5. The molecule has 0 bridgehead atoms. The smallest absolute Gasteiger partial charge is 0.268 e. The highest BCUT2D eigenvalue weighted by molar-refractivity contribution is 6.30. The summed E-state index contributed by atoms with van der Waals surface area (Å²) in [5.41, 5.74) is 8.59. The van der Waals surface area contributed by atoms with Crippen LogP contribution in [-0.2, 0) is 14.3 Å². The van der Waals surface area contributed by atoms with Gasteiger partial charge < -0.3 is 21.2 Å². The van der Waals surface area contributed by atoms with Gasteiger partial charge in [-0.1, -0.05) is 17.7 Å². The average molecular weight is 409 g/mol. The maximum Gasteiger partial charge on any atom is 0.268 e. The lowest BCUT2D eigenvalue weighted by molar-refractivity contribution is -0.132. The number of halogens is 2. The highest BCUT2D eigenvalue weighted by atomic mass is 35.5. The van der Waals surface area contributed by atoms with E-state index in [0.717, 1.165) is 0 Å². The Balaban J connectivity index is 1.76. The van der Waals surface area contributed by atoms with Crippen molar-refractivity contribution in [1.29, 1.82) is 0 Å². The number of benzene rings is 1. The standard InChI is InChI=1S/C19H22ClFN4O3/c1-9(10-3-4-13(20)14(21)5-10)25-19(18(22)27,6-15(24-25)17(26)23-2)16-11-7-28-8-12(11)16/h3-6,9,11-12,16,24H,7-8H2,1-2H3,(H2,22,27)(H,23,26)/t9-,11-,12+,16?,19?/m1/s1. The molecule has 5 atom stereocenters. The number of nitrogens with two attached hydrogens (primary N) is 1. The molecule has 1 saturated heterocycles. The van der Waals surface area contributed by atoms with Gasteiger partial charge in [-0.05, 0) is 42.5 Å². The molecule has 4 rings (SSSR count). The van der Waals surface area contributed by atoms with E-state index in [4.69, 9.17) is 22.1 Å². The Kier molecular flexibility index (Phi) is 4.60. The first-order chi connectivity index (χ1) is 13.3. The topological polar surface area (TPSA) is 96.7 Å². The van der Waals surface area contributed by atoms with Crippen LogP contribution in [0.1, 0.15) is 18.5 Å². The SMILES string of the molecule is CNC(=O)C1=CC(C(N)=O)(C2[C@H]3COC[C@@H]23)N([C@H](C)c2ccc(Cl)c(F)c2)N1. The van der Waals surface area contributed by atoms with Crippen molar-refractivity contribution in [3.05, 3.63) is 46.4 Å². The Morgan fingerprint density at radius 2 is 2.11 bits per heavy atom. The molecule has 28 heavy (non-hydrogen) atoms. The summed E-state index contributed by atoms with van der Waals surface area (Å²) in [6.45, 7) is 2.94. The van der Waals surface area contributed by atoms with E-state index in [-0.39, 0.29) is 34.4 Å². The minimum Gasteiger partial charge on any atom is -0.381 e. The second-order valence-electron chi connectivity index (χ2n) is 7.55. The molecule has 0 spiro atoms. The van der Waals surface area contributed by atoms with Gasteiger partial charge in [-0.15, -0.1) is 0 Å². The molecular formula is C19H22ClFN4O3. The van der Waals surface area contributed by atoms with Crippen molar-refractivity contribution >= 4 is 23.4 Å². The number of carbonyl (C=O) groups is 2. The summed E-state index contributed by atoms with van der Waals surface area (Å²) in [4.78, 5) is 25.1. The van der Waals surface area contributed by atoms with Crippen molar-refractivity contribution in [2.45, 2.75) is 18.5 Å². The molecule has 2 unspecified atom stereocenters. The van der Waals surface area contributed by atoms with E-state index in [1.54, 1.807) is 17.2 Å². The summed E-state index contributed by atoms with van der Waals surface area (Å²) in [5.74, 6) is -1.14. The molecule has 0 aromatic heterocycles. The minimum absolute atomic E-state index is 0.0181. The molecule has 1 aliphatic carbocycles. The van der Waals surface area contributed by atoms with Crippen LogP contribution in [0.15, 0.2) is 30.0 Å². The van der Waals surface area contributed by atoms with Gasteiger partial charge in [-0.25, -0.2) is 4.39 Å².